The lowest BCUT2D eigenvalue weighted by Crippen LogP contribution is -2.64. The average Bonchev–Trinajstić information content (AvgIpc) is 3.45. The monoisotopic (exact) mass is 852 g/mol. The van der Waals surface area contributed by atoms with E-state index in [1.165, 1.54) is 0 Å². The summed E-state index contributed by atoms with van der Waals surface area (Å²) in [5.41, 5.74) is 0. The molecule has 22 N–H and O–H groups in total. The molecule has 0 unspecified atom stereocenters. The Bertz CT molecular complexity index is 1090. The van der Waals surface area contributed by atoms with Gasteiger partial charge in [-0.2, -0.15) is 0 Å². The fourth-order valence-corrected chi connectivity index (χ4v) is 4.75. The van der Waals surface area contributed by atoms with Crippen molar-refractivity contribution in [2.24, 2.45) is 0 Å². The Balaban J connectivity index is 0.000000789. The van der Waals surface area contributed by atoms with E-state index in [0.29, 0.717) is 0 Å². The maximum atomic E-state index is 9.94. The number of rotatable bonds is 15. The highest BCUT2D eigenvalue weighted by atomic mass is 16.7. The van der Waals surface area contributed by atoms with Crippen molar-refractivity contribution in [1.82, 2.24) is 0 Å². The van der Waals surface area contributed by atoms with E-state index in [1.54, 1.807) is 0 Å². The Kier molecular flexibility index (Phi) is 25.7. The SMILES string of the molecule is O=C[C@H](O)[C@@H](O)[C@@H](O)CO.O=C[C@H](O)[C@@H](O)[C@@H](O)[C@H](O)CO.OC[C@H]1O[C@H](O[C@H]2[C@H](O)[C@@H](O)[C@H](O)O[C@@H]2CO)[C@H](O)[C@@H](O)[C@@H]1O.OC[C@H]1O[C@](O)(CO)[C@@H](O)[C@@H]1O. The Morgan fingerprint density at radius 3 is 1.42 bits per heavy atom. The van der Waals surface area contributed by atoms with Gasteiger partial charge in [-0.15, -0.1) is 0 Å². The minimum atomic E-state index is -2.16. The van der Waals surface area contributed by atoms with Crippen LogP contribution in [0.3, 0.4) is 0 Å². The van der Waals surface area contributed by atoms with Gasteiger partial charge in [0, 0.05) is 0 Å². The summed E-state index contributed by atoms with van der Waals surface area (Å²) in [6.07, 6.45) is -31.1. The van der Waals surface area contributed by atoms with E-state index in [2.05, 4.69) is 4.74 Å². The summed E-state index contributed by atoms with van der Waals surface area (Å²) >= 11 is 0. The van der Waals surface area contributed by atoms with Gasteiger partial charge in [0.1, 0.15) is 110 Å². The number of aliphatic hydroxyl groups is 22. The number of carbonyl (C=O) groups is 2. The van der Waals surface area contributed by atoms with Crippen molar-refractivity contribution in [3.63, 3.8) is 0 Å². The minimum Gasteiger partial charge on any atom is -0.394 e. The average molecular weight is 853 g/mol. The van der Waals surface area contributed by atoms with E-state index in [1.807, 2.05) is 0 Å². The van der Waals surface area contributed by atoms with Gasteiger partial charge in [-0.25, -0.2) is 0 Å². The molecule has 3 aliphatic heterocycles. The summed E-state index contributed by atoms with van der Waals surface area (Å²) < 4.78 is 19.9. The van der Waals surface area contributed by atoms with Gasteiger partial charge in [0.05, 0.1) is 39.6 Å². The van der Waals surface area contributed by atoms with Gasteiger partial charge in [0.2, 0.25) is 5.79 Å². The third-order valence-electron chi connectivity index (χ3n) is 8.40. The quantitative estimate of drug-likeness (QED) is 0.0680. The molecule has 21 atom stereocenters. The van der Waals surface area contributed by atoms with Crippen molar-refractivity contribution in [2.75, 3.05) is 39.6 Å². The first-order chi connectivity index (χ1) is 26.5. The summed E-state index contributed by atoms with van der Waals surface area (Å²) in [4.78, 5) is 19.7. The number of ether oxygens (including phenoxy) is 4. The zero-order valence-corrected chi connectivity index (χ0v) is 29.7. The molecule has 3 heterocycles. The normalized spacial score (nSPS) is 38.9. The van der Waals surface area contributed by atoms with Gasteiger partial charge in [0.25, 0.3) is 0 Å². The molecule has 28 heteroatoms. The van der Waals surface area contributed by atoms with Crippen molar-refractivity contribution >= 4 is 12.6 Å². The highest BCUT2D eigenvalue weighted by molar-refractivity contribution is 5.57. The predicted molar refractivity (Wildman–Crippen MR) is 173 cm³/mol. The lowest BCUT2D eigenvalue weighted by molar-refractivity contribution is -0.355. The first-order valence-electron chi connectivity index (χ1n) is 16.7. The Hall–Kier alpha value is -1.70. The third kappa shape index (κ3) is 15.4. The first-order valence-corrected chi connectivity index (χ1v) is 16.7. The topological polar surface area (TPSA) is 516 Å². The maximum Gasteiger partial charge on any atom is 0.219 e. The molecule has 0 spiro atoms. The zero-order valence-electron chi connectivity index (χ0n) is 29.7. The number of aldehydes is 2. The standard InChI is InChI=1S/C12H22O11.2C6H12O6.C5H10O5/c13-1-3-5(15)6(16)9(19)12(22-3)23-10-4(2-14)21-11(20)8(18)7(10)17;7-1-3-4(9)5(10)6(11,2-8)12-3;7-1-3(9)5(11)6(12)4(10)2-8;6-1-3(8)5(10)4(9)2-7/h3-20H,1-2H2;3-5,7-11H,1-2H2;1,3-6,8-12H,2H2;1,3-5,7-10H,2H2/t3-,4-,5-,6+,7-,8-,9-,10-,11-,12-;3-,4-,5+,6-;3-,4+,5+,6-;3-,4-,5+/m1100/s1. The minimum absolute atomic E-state index is 0.0258. The molecule has 0 aromatic carbocycles. The van der Waals surface area contributed by atoms with Crippen LogP contribution < -0.4 is 0 Å². The molecule has 57 heavy (non-hydrogen) atoms. The highest BCUT2D eigenvalue weighted by Crippen LogP contribution is 2.29. The fourth-order valence-electron chi connectivity index (χ4n) is 4.75. The van der Waals surface area contributed by atoms with Crippen LogP contribution in [0.2, 0.25) is 0 Å². The second-order valence-corrected chi connectivity index (χ2v) is 12.5. The number of hydrogen-bond acceptors (Lipinski definition) is 28. The van der Waals surface area contributed by atoms with Crippen LogP contribution in [0.5, 0.6) is 0 Å². The van der Waals surface area contributed by atoms with E-state index in [9.17, 15) is 50.4 Å². The summed E-state index contributed by atoms with van der Waals surface area (Å²) in [6.45, 7) is -4.15. The molecule has 0 aromatic heterocycles. The molecule has 3 fully saturated rings. The largest absolute Gasteiger partial charge is 0.394 e. The molecule has 0 radical (unpaired) electrons. The smallest absolute Gasteiger partial charge is 0.219 e. The van der Waals surface area contributed by atoms with Crippen LogP contribution in [0.25, 0.3) is 0 Å². The maximum absolute atomic E-state index is 9.94. The highest BCUT2D eigenvalue weighted by Gasteiger charge is 2.53. The lowest BCUT2D eigenvalue weighted by atomic mass is 9.97. The Labute approximate surface area is 321 Å². The van der Waals surface area contributed by atoms with Gasteiger partial charge in [-0.3, -0.25) is 0 Å². The van der Waals surface area contributed by atoms with Crippen LogP contribution in [-0.2, 0) is 28.5 Å². The van der Waals surface area contributed by atoms with Crippen molar-refractivity contribution in [2.45, 2.75) is 128 Å². The first kappa shape index (κ1) is 55.3. The number of aliphatic hydroxyl groups excluding tert-OH is 21. The molecule has 0 saturated carbocycles. The van der Waals surface area contributed by atoms with Crippen molar-refractivity contribution in [3.05, 3.63) is 0 Å². The molecule has 0 aliphatic carbocycles. The molecule has 340 valence electrons. The Morgan fingerprint density at radius 2 is 1.02 bits per heavy atom. The summed E-state index contributed by atoms with van der Waals surface area (Å²) in [5, 5.41) is 199. The third-order valence-corrected chi connectivity index (χ3v) is 8.40. The molecule has 3 saturated heterocycles. The molecule has 3 rings (SSSR count). The van der Waals surface area contributed by atoms with Crippen LogP contribution in [0.15, 0.2) is 0 Å². The molecule has 0 aromatic rings. The van der Waals surface area contributed by atoms with E-state index >= 15 is 0 Å². The number of carbonyl (C=O) groups excluding carboxylic acids is 2. The lowest BCUT2D eigenvalue weighted by Gasteiger charge is -2.45. The van der Waals surface area contributed by atoms with Gasteiger partial charge < -0.3 is 141 Å². The summed E-state index contributed by atoms with van der Waals surface area (Å²) in [7, 11) is 0. The molecular formula is C29H56O28. The summed E-state index contributed by atoms with van der Waals surface area (Å²) in [5.74, 6) is -2.16. The predicted octanol–water partition coefficient (Wildman–Crippen LogP) is -14.7. The molecule has 0 amide bonds. The van der Waals surface area contributed by atoms with Gasteiger partial charge in [-0.05, 0) is 0 Å². The van der Waals surface area contributed by atoms with Crippen LogP contribution >= 0.6 is 0 Å². The second-order valence-electron chi connectivity index (χ2n) is 12.5. The molecule has 0 bridgehead atoms. The van der Waals surface area contributed by atoms with E-state index in [4.69, 9.17) is 85.7 Å². The molecular weight excluding hydrogens is 796 g/mol. The fraction of sp³-hybridized carbons (Fsp3) is 0.931. The van der Waals surface area contributed by atoms with Crippen molar-refractivity contribution in [3.8, 4) is 0 Å². The molecule has 28 nitrogen and oxygen atoms in total. The van der Waals surface area contributed by atoms with Gasteiger partial charge >= 0.3 is 0 Å². The molecule has 3 aliphatic rings. The van der Waals surface area contributed by atoms with Gasteiger partial charge in [-0.1, -0.05) is 0 Å². The second kappa shape index (κ2) is 26.5. The van der Waals surface area contributed by atoms with E-state index in [-0.39, 0.29) is 12.6 Å². The Morgan fingerprint density at radius 1 is 0.544 bits per heavy atom. The van der Waals surface area contributed by atoms with Crippen molar-refractivity contribution in [1.29, 1.82) is 0 Å². The van der Waals surface area contributed by atoms with E-state index in [0.717, 1.165) is 0 Å². The van der Waals surface area contributed by atoms with Gasteiger partial charge in [0.15, 0.2) is 25.2 Å². The zero-order chi connectivity index (χ0) is 44.5. The number of hydrogen-bond donors (Lipinski definition) is 22. The van der Waals surface area contributed by atoms with Crippen LogP contribution in [-0.4, -0.2) is 293 Å². The van der Waals surface area contributed by atoms with Crippen LogP contribution in [0.4, 0.5) is 0 Å². The van der Waals surface area contributed by atoms with Crippen molar-refractivity contribution < 1.29 is 141 Å². The summed E-state index contributed by atoms with van der Waals surface area (Å²) in [6, 6.07) is 0. The van der Waals surface area contributed by atoms with E-state index < -0.39 is 168 Å². The van der Waals surface area contributed by atoms with Crippen LogP contribution in [0.1, 0.15) is 0 Å². The van der Waals surface area contributed by atoms with Crippen LogP contribution in [0, 0.1) is 0 Å².